The standard InChI is InChI=1S/C14H8BrFN2O2/c15-12-5-9(2-1-8(12)7-17)18-10-3-4-11(14(19)20)13(16)6-10/h1-6,18H,(H,19,20). The highest BCUT2D eigenvalue weighted by molar-refractivity contribution is 9.10. The lowest BCUT2D eigenvalue weighted by Crippen LogP contribution is -2.01. The Bertz CT molecular complexity index is 726. The molecule has 0 spiro atoms. The van der Waals surface area contributed by atoms with Crippen LogP contribution in [0.15, 0.2) is 40.9 Å². The summed E-state index contributed by atoms with van der Waals surface area (Å²) in [6.45, 7) is 0. The molecule has 0 fully saturated rings. The number of hydrogen-bond donors (Lipinski definition) is 2. The molecule has 20 heavy (non-hydrogen) atoms. The molecule has 0 aromatic heterocycles. The van der Waals surface area contributed by atoms with Crippen LogP contribution in [0.3, 0.4) is 0 Å². The second-order valence-electron chi connectivity index (χ2n) is 3.93. The maximum absolute atomic E-state index is 13.5. The fourth-order valence-electron chi connectivity index (χ4n) is 1.62. The Morgan fingerprint density at radius 3 is 2.45 bits per heavy atom. The lowest BCUT2D eigenvalue weighted by atomic mass is 10.1. The Hall–Kier alpha value is -2.39. The van der Waals surface area contributed by atoms with E-state index in [1.807, 2.05) is 6.07 Å². The maximum atomic E-state index is 13.5. The first kappa shape index (κ1) is 14.0. The third-order valence-corrected chi connectivity index (χ3v) is 3.23. The molecule has 2 aromatic rings. The highest BCUT2D eigenvalue weighted by Gasteiger charge is 2.10. The SMILES string of the molecule is N#Cc1ccc(Nc2ccc(C(=O)O)c(F)c2)cc1Br. The zero-order chi connectivity index (χ0) is 14.7. The number of nitrogens with zero attached hydrogens (tertiary/aromatic N) is 1. The Morgan fingerprint density at radius 2 is 1.90 bits per heavy atom. The van der Waals surface area contributed by atoms with Crippen molar-refractivity contribution in [2.45, 2.75) is 0 Å². The number of hydrogen-bond acceptors (Lipinski definition) is 3. The monoisotopic (exact) mass is 334 g/mol. The van der Waals surface area contributed by atoms with Gasteiger partial charge < -0.3 is 10.4 Å². The van der Waals surface area contributed by atoms with E-state index in [2.05, 4.69) is 21.2 Å². The lowest BCUT2D eigenvalue weighted by molar-refractivity contribution is 0.0692. The number of nitrogens with one attached hydrogen (secondary N) is 1. The van der Waals surface area contributed by atoms with Crippen LogP contribution in [0.4, 0.5) is 15.8 Å². The van der Waals surface area contributed by atoms with Crippen molar-refractivity contribution >= 4 is 33.3 Å². The Morgan fingerprint density at radius 1 is 1.25 bits per heavy atom. The molecule has 0 bridgehead atoms. The summed E-state index contributed by atoms with van der Waals surface area (Å²) in [5, 5.41) is 20.5. The average molecular weight is 335 g/mol. The normalized spacial score (nSPS) is 9.85. The van der Waals surface area contributed by atoms with Crippen molar-refractivity contribution in [3.63, 3.8) is 0 Å². The van der Waals surface area contributed by atoms with Crippen LogP contribution in [0.2, 0.25) is 0 Å². The van der Waals surface area contributed by atoms with Crippen LogP contribution in [0.25, 0.3) is 0 Å². The van der Waals surface area contributed by atoms with E-state index in [4.69, 9.17) is 10.4 Å². The van der Waals surface area contributed by atoms with Gasteiger partial charge >= 0.3 is 5.97 Å². The fraction of sp³-hybridized carbons (Fsp3) is 0. The molecule has 0 heterocycles. The van der Waals surface area contributed by atoms with Crippen LogP contribution in [0.5, 0.6) is 0 Å². The van der Waals surface area contributed by atoms with Crippen molar-refractivity contribution in [2.24, 2.45) is 0 Å². The molecule has 2 N–H and O–H groups in total. The first-order valence-electron chi connectivity index (χ1n) is 5.51. The van der Waals surface area contributed by atoms with Gasteiger partial charge in [-0.3, -0.25) is 0 Å². The average Bonchev–Trinajstić information content (AvgIpc) is 2.38. The molecule has 100 valence electrons. The first-order valence-corrected chi connectivity index (χ1v) is 6.30. The number of carboxylic acid groups (broad SMARTS) is 1. The Balaban J connectivity index is 2.27. The molecular weight excluding hydrogens is 327 g/mol. The lowest BCUT2D eigenvalue weighted by Gasteiger charge is -2.08. The van der Waals surface area contributed by atoms with E-state index in [0.29, 0.717) is 21.4 Å². The number of carboxylic acids is 1. The van der Waals surface area contributed by atoms with Gasteiger partial charge in [0.15, 0.2) is 0 Å². The number of nitriles is 1. The van der Waals surface area contributed by atoms with Gasteiger partial charge in [-0.25, -0.2) is 9.18 Å². The van der Waals surface area contributed by atoms with Crippen molar-refractivity contribution in [2.75, 3.05) is 5.32 Å². The van der Waals surface area contributed by atoms with Gasteiger partial charge in [0.05, 0.1) is 11.1 Å². The molecule has 0 saturated carbocycles. The minimum absolute atomic E-state index is 0.378. The van der Waals surface area contributed by atoms with E-state index in [1.165, 1.54) is 12.1 Å². The Labute approximate surface area is 122 Å². The summed E-state index contributed by atoms with van der Waals surface area (Å²) in [5.74, 6) is -2.12. The number of benzene rings is 2. The Kier molecular flexibility index (Phi) is 4.01. The van der Waals surface area contributed by atoms with E-state index >= 15 is 0 Å². The van der Waals surface area contributed by atoms with E-state index in [9.17, 15) is 9.18 Å². The van der Waals surface area contributed by atoms with Gasteiger partial charge in [-0.15, -0.1) is 0 Å². The second kappa shape index (κ2) is 5.72. The molecule has 0 aliphatic rings. The van der Waals surface area contributed by atoms with E-state index < -0.39 is 11.8 Å². The molecule has 0 amide bonds. The predicted octanol–water partition coefficient (Wildman–Crippen LogP) is 3.90. The molecule has 0 aliphatic carbocycles. The van der Waals surface area contributed by atoms with Gasteiger partial charge in [-0.1, -0.05) is 0 Å². The summed E-state index contributed by atoms with van der Waals surface area (Å²) in [6, 6.07) is 10.8. The smallest absolute Gasteiger partial charge is 0.338 e. The maximum Gasteiger partial charge on any atom is 0.338 e. The number of rotatable bonds is 3. The zero-order valence-corrected chi connectivity index (χ0v) is 11.6. The van der Waals surface area contributed by atoms with Crippen LogP contribution in [0, 0.1) is 17.1 Å². The number of halogens is 2. The minimum Gasteiger partial charge on any atom is -0.478 e. The van der Waals surface area contributed by atoms with E-state index in [1.54, 1.807) is 18.2 Å². The fourth-order valence-corrected chi connectivity index (χ4v) is 2.08. The van der Waals surface area contributed by atoms with Gasteiger partial charge in [-0.05, 0) is 52.3 Å². The van der Waals surface area contributed by atoms with E-state index in [-0.39, 0.29) is 5.56 Å². The van der Waals surface area contributed by atoms with E-state index in [0.717, 1.165) is 6.07 Å². The molecule has 4 nitrogen and oxygen atoms in total. The molecule has 0 atom stereocenters. The van der Waals surface area contributed by atoms with Crippen LogP contribution in [0.1, 0.15) is 15.9 Å². The van der Waals surface area contributed by atoms with Gasteiger partial charge in [0.2, 0.25) is 0 Å². The van der Waals surface area contributed by atoms with Crippen LogP contribution < -0.4 is 5.32 Å². The van der Waals surface area contributed by atoms with Gasteiger partial charge in [0, 0.05) is 15.8 Å². The zero-order valence-electron chi connectivity index (χ0n) is 10.0. The second-order valence-corrected chi connectivity index (χ2v) is 4.79. The summed E-state index contributed by atoms with van der Waals surface area (Å²) in [5.41, 5.74) is 1.18. The summed E-state index contributed by atoms with van der Waals surface area (Å²) < 4.78 is 14.1. The molecule has 0 unspecified atom stereocenters. The van der Waals surface area contributed by atoms with Crippen molar-refractivity contribution in [3.05, 3.63) is 57.8 Å². The minimum atomic E-state index is -1.31. The van der Waals surface area contributed by atoms with Crippen LogP contribution >= 0.6 is 15.9 Å². The van der Waals surface area contributed by atoms with Gasteiger partial charge in [0.25, 0.3) is 0 Å². The van der Waals surface area contributed by atoms with Crippen molar-refractivity contribution < 1.29 is 14.3 Å². The van der Waals surface area contributed by atoms with Crippen molar-refractivity contribution in [3.8, 4) is 6.07 Å². The summed E-state index contributed by atoms with van der Waals surface area (Å²) in [6.07, 6.45) is 0. The summed E-state index contributed by atoms with van der Waals surface area (Å²) in [7, 11) is 0. The van der Waals surface area contributed by atoms with Crippen molar-refractivity contribution in [1.29, 1.82) is 5.26 Å². The molecule has 0 saturated heterocycles. The number of anilines is 2. The quantitative estimate of drug-likeness (QED) is 0.892. The topological polar surface area (TPSA) is 73.1 Å². The molecular formula is C14H8BrFN2O2. The van der Waals surface area contributed by atoms with Crippen LogP contribution in [-0.2, 0) is 0 Å². The predicted molar refractivity (Wildman–Crippen MR) is 75.5 cm³/mol. The van der Waals surface area contributed by atoms with Crippen LogP contribution in [-0.4, -0.2) is 11.1 Å². The highest BCUT2D eigenvalue weighted by Crippen LogP contribution is 2.24. The molecule has 6 heteroatoms. The third kappa shape index (κ3) is 2.95. The highest BCUT2D eigenvalue weighted by atomic mass is 79.9. The third-order valence-electron chi connectivity index (χ3n) is 2.58. The van der Waals surface area contributed by atoms with Gasteiger partial charge in [-0.2, -0.15) is 5.26 Å². The molecule has 0 aliphatic heterocycles. The van der Waals surface area contributed by atoms with Gasteiger partial charge in [0.1, 0.15) is 11.9 Å². The molecule has 0 radical (unpaired) electrons. The summed E-state index contributed by atoms with van der Waals surface area (Å²) in [4.78, 5) is 10.7. The number of carbonyl (C=O) groups is 1. The first-order chi connectivity index (χ1) is 9.51. The summed E-state index contributed by atoms with van der Waals surface area (Å²) >= 11 is 3.25. The number of aromatic carboxylic acids is 1. The largest absolute Gasteiger partial charge is 0.478 e. The molecule has 2 aromatic carbocycles. The van der Waals surface area contributed by atoms with Crippen molar-refractivity contribution in [1.82, 2.24) is 0 Å². The molecule has 2 rings (SSSR count).